The second-order valence-corrected chi connectivity index (χ2v) is 6.25. The molecule has 0 N–H and O–H groups in total. The number of aryl methyl sites for hydroxylation is 1. The Morgan fingerprint density at radius 3 is 2.78 bits per heavy atom. The fourth-order valence-corrected chi connectivity index (χ4v) is 2.96. The number of amides is 1. The molecule has 1 amide bonds. The second-order valence-electron chi connectivity index (χ2n) is 6.25. The Labute approximate surface area is 156 Å². The van der Waals surface area contributed by atoms with E-state index in [4.69, 9.17) is 9.26 Å². The molecule has 3 aromatic heterocycles. The highest BCUT2D eigenvalue weighted by atomic mass is 16.5. The lowest BCUT2D eigenvalue weighted by Gasteiger charge is -2.32. The van der Waals surface area contributed by atoms with Gasteiger partial charge < -0.3 is 14.2 Å². The molecule has 8 heteroatoms. The van der Waals surface area contributed by atoms with Gasteiger partial charge in [-0.25, -0.2) is 9.97 Å². The lowest BCUT2D eigenvalue weighted by Crippen LogP contribution is -2.42. The lowest BCUT2D eigenvalue weighted by molar-refractivity contribution is -0.0258. The molecule has 0 bridgehead atoms. The van der Waals surface area contributed by atoms with Crippen molar-refractivity contribution in [3.63, 3.8) is 0 Å². The van der Waals surface area contributed by atoms with Gasteiger partial charge >= 0.3 is 0 Å². The largest absolute Gasteiger partial charge is 0.368 e. The first-order valence-corrected chi connectivity index (χ1v) is 8.82. The summed E-state index contributed by atoms with van der Waals surface area (Å²) in [7, 11) is 0. The molecule has 0 saturated carbocycles. The van der Waals surface area contributed by atoms with Crippen LogP contribution in [0.1, 0.15) is 35.0 Å². The first-order chi connectivity index (χ1) is 13.2. The number of rotatable bonds is 4. The number of pyridine rings is 1. The van der Waals surface area contributed by atoms with E-state index in [0.29, 0.717) is 19.7 Å². The van der Waals surface area contributed by atoms with Crippen LogP contribution in [0.5, 0.6) is 0 Å². The van der Waals surface area contributed by atoms with Gasteiger partial charge in [0.05, 0.1) is 24.5 Å². The number of ether oxygens (including phenoxy) is 1. The van der Waals surface area contributed by atoms with Gasteiger partial charge in [-0.15, -0.1) is 0 Å². The Hall–Kier alpha value is -3.13. The number of nitrogens with zero attached hydrogens (tertiary/aromatic N) is 5. The normalized spacial score (nSPS) is 17.1. The van der Waals surface area contributed by atoms with Gasteiger partial charge in [0.2, 0.25) is 5.76 Å². The van der Waals surface area contributed by atoms with Gasteiger partial charge in [0.25, 0.3) is 5.91 Å². The number of carbonyl (C=O) groups excluding carboxylic acids is 1. The number of carbonyl (C=O) groups is 1. The number of hydrogen-bond donors (Lipinski definition) is 0. The average molecular weight is 365 g/mol. The summed E-state index contributed by atoms with van der Waals surface area (Å²) >= 11 is 0. The third-order valence-corrected chi connectivity index (χ3v) is 4.50. The topological polar surface area (TPSA) is 94.2 Å². The van der Waals surface area contributed by atoms with Crippen LogP contribution in [0.2, 0.25) is 0 Å². The summed E-state index contributed by atoms with van der Waals surface area (Å²) in [6.45, 7) is 3.34. The molecule has 1 aliphatic heterocycles. The summed E-state index contributed by atoms with van der Waals surface area (Å²) in [4.78, 5) is 26.9. The minimum Gasteiger partial charge on any atom is -0.368 e. The van der Waals surface area contributed by atoms with E-state index in [2.05, 4.69) is 20.1 Å². The average Bonchev–Trinajstić information content (AvgIpc) is 3.23. The quantitative estimate of drug-likeness (QED) is 0.700. The molecule has 138 valence electrons. The Bertz CT molecular complexity index is 911. The molecule has 8 nitrogen and oxygen atoms in total. The molecule has 1 saturated heterocycles. The van der Waals surface area contributed by atoms with E-state index in [9.17, 15) is 4.79 Å². The van der Waals surface area contributed by atoms with Crippen LogP contribution in [0.25, 0.3) is 11.1 Å². The molecule has 0 radical (unpaired) electrons. The number of hydrogen-bond acceptors (Lipinski definition) is 7. The van der Waals surface area contributed by atoms with E-state index < -0.39 is 0 Å². The zero-order chi connectivity index (χ0) is 18.6. The Balaban J connectivity index is 1.47. The number of morpholine rings is 1. The van der Waals surface area contributed by atoms with Crippen LogP contribution in [0, 0.1) is 0 Å². The van der Waals surface area contributed by atoms with Gasteiger partial charge in [0.15, 0.2) is 0 Å². The van der Waals surface area contributed by atoms with E-state index >= 15 is 0 Å². The first kappa shape index (κ1) is 17.3. The first-order valence-electron chi connectivity index (χ1n) is 8.82. The standard InChI is InChI=1S/C19H19N5O3/c1-2-15-7-17(27-23-15)19(25)24-5-6-26-18(11-24)16-4-3-13(10-22-16)14-8-20-12-21-9-14/h3-4,7-10,12,18H,2,5-6,11H2,1H3. The van der Waals surface area contributed by atoms with Crippen molar-refractivity contribution in [1.29, 1.82) is 0 Å². The molecule has 0 aromatic carbocycles. The van der Waals surface area contributed by atoms with Crippen LogP contribution in [0.3, 0.4) is 0 Å². The van der Waals surface area contributed by atoms with Gasteiger partial charge in [-0.3, -0.25) is 9.78 Å². The highest BCUT2D eigenvalue weighted by Gasteiger charge is 2.28. The molecule has 4 rings (SSSR count). The van der Waals surface area contributed by atoms with Crippen LogP contribution in [-0.2, 0) is 11.2 Å². The van der Waals surface area contributed by atoms with Crippen molar-refractivity contribution in [3.8, 4) is 11.1 Å². The smallest absolute Gasteiger partial charge is 0.292 e. The molecule has 3 aromatic rings. The van der Waals surface area contributed by atoms with Gasteiger partial charge in [-0.1, -0.05) is 18.1 Å². The molecule has 4 heterocycles. The van der Waals surface area contributed by atoms with Crippen molar-refractivity contribution in [1.82, 2.24) is 25.0 Å². The van der Waals surface area contributed by atoms with Crippen molar-refractivity contribution in [3.05, 3.63) is 60.3 Å². The highest BCUT2D eigenvalue weighted by molar-refractivity contribution is 5.91. The molecule has 0 aliphatic carbocycles. The Morgan fingerprint density at radius 1 is 1.22 bits per heavy atom. The van der Waals surface area contributed by atoms with Gasteiger partial charge in [-0.05, 0) is 12.5 Å². The minimum atomic E-state index is -0.280. The second kappa shape index (κ2) is 7.63. The maximum absolute atomic E-state index is 12.6. The summed E-state index contributed by atoms with van der Waals surface area (Å²) in [5, 5.41) is 3.89. The Morgan fingerprint density at radius 2 is 2.07 bits per heavy atom. The Kier molecular flexibility index (Phi) is 4.88. The SMILES string of the molecule is CCc1cc(C(=O)N2CCOC(c3ccc(-c4cncnc4)cn3)C2)on1. The molecular formula is C19H19N5O3. The third-order valence-electron chi connectivity index (χ3n) is 4.50. The van der Waals surface area contributed by atoms with Crippen LogP contribution in [-0.4, -0.2) is 50.6 Å². The molecular weight excluding hydrogens is 346 g/mol. The summed E-state index contributed by atoms with van der Waals surface area (Å²) in [6.07, 6.45) is 7.18. The summed E-state index contributed by atoms with van der Waals surface area (Å²) in [5.41, 5.74) is 3.37. The van der Waals surface area contributed by atoms with Crippen LogP contribution in [0.15, 0.2) is 47.6 Å². The fourth-order valence-electron chi connectivity index (χ4n) is 2.96. The van der Waals surface area contributed by atoms with E-state index in [0.717, 1.165) is 28.9 Å². The van der Waals surface area contributed by atoms with Crippen molar-refractivity contribution in [2.24, 2.45) is 0 Å². The molecule has 27 heavy (non-hydrogen) atoms. The van der Waals surface area contributed by atoms with Crippen molar-refractivity contribution in [2.75, 3.05) is 19.7 Å². The molecule has 1 aliphatic rings. The zero-order valence-electron chi connectivity index (χ0n) is 14.9. The predicted molar refractivity (Wildman–Crippen MR) is 95.7 cm³/mol. The van der Waals surface area contributed by atoms with Crippen LogP contribution >= 0.6 is 0 Å². The van der Waals surface area contributed by atoms with E-state index in [1.807, 2.05) is 19.1 Å². The molecule has 1 unspecified atom stereocenters. The summed E-state index contributed by atoms with van der Waals surface area (Å²) in [5.74, 6) is 0.0911. The van der Waals surface area contributed by atoms with Crippen molar-refractivity contribution >= 4 is 5.91 Å². The molecule has 1 fully saturated rings. The van der Waals surface area contributed by atoms with E-state index in [1.54, 1.807) is 29.6 Å². The third kappa shape index (κ3) is 3.70. The molecule has 1 atom stereocenters. The molecule has 0 spiro atoms. The minimum absolute atomic E-state index is 0.173. The summed E-state index contributed by atoms with van der Waals surface area (Å²) in [6, 6.07) is 5.56. The highest BCUT2D eigenvalue weighted by Crippen LogP contribution is 2.24. The van der Waals surface area contributed by atoms with Gasteiger partial charge in [0.1, 0.15) is 12.4 Å². The van der Waals surface area contributed by atoms with E-state index in [1.165, 1.54) is 6.33 Å². The maximum Gasteiger partial charge on any atom is 0.292 e. The van der Waals surface area contributed by atoms with Gasteiger partial charge in [-0.2, -0.15) is 0 Å². The van der Waals surface area contributed by atoms with Crippen molar-refractivity contribution in [2.45, 2.75) is 19.4 Å². The monoisotopic (exact) mass is 365 g/mol. The van der Waals surface area contributed by atoms with Crippen LogP contribution < -0.4 is 0 Å². The van der Waals surface area contributed by atoms with Crippen LogP contribution in [0.4, 0.5) is 0 Å². The maximum atomic E-state index is 12.6. The zero-order valence-corrected chi connectivity index (χ0v) is 14.9. The summed E-state index contributed by atoms with van der Waals surface area (Å²) < 4.78 is 11.0. The fraction of sp³-hybridized carbons (Fsp3) is 0.316. The lowest BCUT2D eigenvalue weighted by atomic mass is 10.1. The van der Waals surface area contributed by atoms with Crippen molar-refractivity contribution < 1.29 is 14.1 Å². The number of aromatic nitrogens is 4. The predicted octanol–water partition coefficient (Wildman–Crippen LogP) is 2.30. The van der Waals surface area contributed by atoms with Gasteiger partial charge in [0, 0.05) is 42.3 Å². The van der Waals surface area contributed by atoms with E-state index in [-0.39, 0.29) is 17.8 Å².